The van der Waals surface area contributed by atoms with E-state index in [4.69, 9.17) is 4.42 Å². The molecule has 3 heteroatoms. The van der Waals surface area contributed by atoms with Crippen LogP contribution in [0.4, 0.5) is 17.1 Å². The van der Waals surface area contributed by atoms with E-state index in [0.29, 0.717) is 0 Å². The topological polar surface area (TPSA) is 21.3 Å². The molecule has 0 aliphatic heterocycles. The smallest absolute Gasteiger partial charge is 0.137 e. The number of anilines is 3. The zero-order valence-electron chi connectivity index (χ0n) is 29.9. The molecule has 0 saturated heterocycles. The highest BCUT2D eigenvalue weighted by Gasteiger charge is 2.18. The zero-order valence-corrected chi connectivity index (χ0v) is 29.9. The van der Waals surface area contributed by atoms with Gasteiger partial charge in [-0.2, -0.15) is 0 Å². The summed E-state index contributed by atoms with van der Waals surface area (Å²) < 4.78 is 8.89. The van der Waals surface area contributed by atoms with E-state index in [1.165, 1.54) is 49.3 Å². The molecule has 0 atom stereocenters. The molecule has 0 aliphatic carbocycles. The summed E-state index contributed by atoms with van der Waals surface area (Å²) in [7, 11) is 0. The van der Waals surface area contributed by atoms with Gasteiger partial charge in [0.25, 0.3) is 0 Å². The van der Waals surface area contributed by atoms with E-state index in [1.54, 1.807) is 0 Å². The number of hydrogen-bond donors (Lipinski definition) is 0. The van der Waals surface area contributed by atoms with Crippen molar-refractivity contribution in [2.75, 3.05) is 4.90 Å². The molecule has 11 aromatic rings. The molecule has 0 radical (unpaired) electrons. The molecule has 3 nitrogen and oxygen atoms in total. The maximum atomic E-state index is 6.53. The number of rotatable bonds is 6. The van der Waals surface area contributed by atoms with Gasteiger partial charge in [-0.3, -0.25) is 0 Å². The second-order valence-electron chi connectivity index (χ2n) is 14.2. The molecule has 0 unspecified atom stereocenters. The summed E-state index contributed by atoms with van der Waals surface area (Å²) in [6, 6.07) is 73.8. The minimum absolute atomic E-state index is 0.870. The maximum absolute atomic E-state index is 6.53. The molecule has 2 aromatic heterocycles. The first-order valence-electron chi connectivity index (χ1n) is 18.8. The first-order valence-corrected chi connectivity index (χ1v) is 18.8. The van der Waals surface area contributed by atoms with E-state index in [1.807, 2.05) is 0 Å². The molecule has 0 aliphatic rings. The van der Waals surface area contributed by atoms with Crippen molar-refractivity contribution in [3.05, 3.63) is 206 Å². The van der Waals surface area contributed by atoms with Crippen LogP contribution in [0, 0.1) is 0 Å². The molecule has 11 rings (SSSR count). The lowest BCUT2D eigenvalue weighted by Gasteiger charge is -2.26. The first kappa shape index (κ1) is 31.2. The van der Waals surface area contributed by atoms with Crippen molar-refractivity contribution < 1.29 is 4.42 Å². The summed E-state index contributed by atoms with van der Waals surface area (Å²) in [6.45, 7) is 0. The molecule has 55 heavy (non-hydrogen) atoms. The number of hydrogen-bond acceptors (Lipinski definition) is 2. The molecular formula is C52H34N2O. The van der Waals surface area contributed by atoms with Crippen molar-refractivity contribution in [1.29, 1.82) is 0 Å². The summed E-state index contributed by atoms with van der Waals surface area (Å²) in [6.07, 6.45) is 0. The second kappa shape index (κ2) is 12.6. The Labute approximate surface area is 318 Å². The highest BCUT2D eigenvalue weighted by atomic mass is 16.3. The summed E-state index contributed by atoms with van der Waals surface area (Å²) >= 11 is 0. The number of para-hydroxylation sites is 2. The molecule has 0 N–H and O–H groups in total. The van der Waals surface area contributed by atoms with Crippen LogP contribution in [0.3, 0.4) is 0 Å². The Kier molecular flexibility index (Phi) is 7.17. The number of fused-ring (bicyclic) bond motifs is 8. The zero-order chi connectivity index (χ0) is 36.3. The minimum Gasteiger partial charge on any atom is -0.456 e. The lowest BCUT2D eigenvalue weighted by atomic mass is 10.0. The molecule has 9 aromatic carbocycles. The summed E-state index contributed by atoms with van der Waals surface area (Å²) in [4.78, 5) is 2.31. The number of benzene rings is 9. The van der Waals surface area contributed by atoms with Gasteiger partial charge in [-0.15, -0.1) is 0 Å². The van der Waals surface area contributed by atoms with Gasteiger partial charge in [0.05, 0.1) is 11.0 Å². The molecule has 0 fully saturated rings. The third-order valence-electron chi connectivity index (χ3n) is 11.0. The Morgan fingerprint density at radius 3 is 1.49 bits per heavy atom. The third kappa shape index (κ3) is 5.20. The van der Waals surface area contributed by atoms with E-state index in [-0.39, 0.29) is 0 Å². The van der Waals surface area contributed by atoms with Gasteiger partial charge < -0.3 is 13.9 Å². The normalized spacial score (nSPS) is 11.6. The Morgan fingerprint density at radius 2 is 0.855 bits per heavy atom. The van der Waals surface area contributed by atoms with Crippen LogP contribution in [-0.2, 0) is 0 Å². The van der Waals surface area contributed by atoms with E-state index < -0.39 is 0 Å². The fourth-order valence-corrected chi connectivity index (χ4v) is 8.36. The van der Waals surface area contributed by atoms with Crippen LogP contribution in [0.1, 0.15) is 0 Å². The molecular weight excluding hydrogens is 669 g/mol. The lowest BCUT2D eigenvalue weighted by molar-refractivity contribution is 0.669. The van der Waals surface area contributed by atoms with Crippen LogP contribution in [0.15, 0.2) is 211 Å². The maximum Gasteiger partial charge on any atom is 0.137 e. The van der Waals surface area contributed by atoms with Gasteiger partial charge in [-0.05, 0) is 99.8 Å². The number of aromatic nitrogens is 1. The Morgan fingerprint density at radius 1 is 0.345 bits per heavy atom. The predicted molar refractivity (Wildman–Crippen MR) is 231 cm³/mol. The van der Waals surface area contributed by atoms with Crippen LogP contribution in [0.2, 0.25) is 0 Å². The number of nitrogens with zero attached hydrogens (tertiary/aromatic N) is 2. The Balaban J connectivity index is 0.981. The van der Waals surface area contributed by atoms with Crippen molar-refractivity contribution in [2.24, 2.45) is 0 Å². The molecule has 0 bridgehead atoms. The fourth-order valence-electron chi connectivity index (χ4n) is 8.36. The predicted octanol–water partition coefficient (Wildman–Crippen LogP) is 14.6. The molecule has 0 spiro atoms. The van der Waals surface area contributed by atoms with Crippen molar-refractivity contribution in [3.63, 3.8) is 0 Å². The van der Waals surface area contributed by atoms with Gasteiger partial charge in [0.2, 0.25) is 0 Å². The Bertz CT molecular complexity index is 3120. The minimum atomic E-state index is 0.870. The van der Waals surface area contributed by atoms with Gasteiger partial charge in [0, 0.05) is 50.4 Å². The van der Waals surface area contributed by atoms with Crippen LogP contribution in [-0.4, -0.2) is 4.57 Å². The van der Waals surface area contributed by atoms with Gasteiger partial charge in [0.15, 0.2) is 0 Å². The van der Waals surface area contributed by atoms with Crippen LogP contribution < -0.4 is 4.90 Å². The van der Waals surface area contributed by atoms with E-state index in [2.05, 4.69) is 216 Å². The van der Waals surface area contributed by atoms with E-state index >= 15 is 0 Å². The molecule has 2 heterocycles. The van der Waals surface area contributed by atoms with Gasteiger partial charge >= 0.3 is 0 Å². The van der Waals surface area contributed by atoms with Crippen LogP contribution in [0.5, 0.6) is 0 Å². The second-order valence-corrected chi connectivity index (χ2v) is 14.2. The van der Waals surface area contributed by atoms with Crippen molar-refractivity contribution in [2.45, 2.75) is 0 Å². The van der Waals surface area contributed by atoms with Crippen molar-refractivity contribution in [3.8, 4) is 27.9 Å². The van der Waals surface area contributed by atoms with Crippen LogP contribution in [0.25, 0.3) is 82.5 Å². The van der Waals surface area contributed by atoms with Crippen LogP contribution >= 0.6 is 0 Å². The summed E-state index contributed by atoms with van der Waals surface area (Å²) in [5.41, 5.74) is 13.2. The van der Waals surface area contributed by atoms with Gasteiger partial charge in [-0.25, -0.2) is 0 Å². The highest BCUT2D eigenvalue weighted by molar-refractivity contribution is 6.19. The quantitative estimate of drug-likeness (QED) is 0.172. The monoisotopic (exact) mass is 702 g/mol. The fraction of sp³-hybridized carbons (Fsp3) is 0. The largest absolute Gasteiger partial charge is 0.456 e. The first-order chi connectivity index (χ1) is 27.3. The third-order valence-corrected chi connectivity index (χ3v) is 11.0. The van der Waals surface area contributed by atoms with Crippen molar-refractivity contribution >= 4 is 71.6 Å². The lowest BCUT2D eigenvalue weighted by Crippen LogP contribution is -2.09. The molecule has 258 valence electrons. The Hall–Kier alpha value is -7.36. The van der Waals surface area contributed by atoms with Gasteiger partial charge in [-0.1, -0.05) is 133 Å². The number of furan rings is 1. The highest BCUT2D eigenvalue weighted by Crippen LogP contribution is 2.41. The SMILES string of the molecule is c1ccc(-c2ccc(N(c3ccc(-c4ccc(-n5c6ccccc6c6ccccc65)cc4)cc3)c3ccc4c(c3)oc3ccc5ccccc5c34)cc2)cc1. The van der Waals surface area contributed by atoms with Gasteiger partial charge in [0.1, 0.15) is 11.2 Å². The summed E-state index contributed by atoms with van der Waals surface area (Å²) in [5, 5.41) is 7.23. The summed E-state index contributed by atoms with van der Waals surface area (Å²) in [5.74, 6) is 0. The van der Waals surface area contributed by atoms with Crippen molar-refractivity contribution in [1.82, 2.24) is 4.57 Å². The average Bonchev–Trinajstić information content (AvgIpc) is 3.81. The van der Waals surface area contributed by atoms with E-state index in [9.17, 15) is 0 Å². The average molecular weight is 703 g/mol. The van der Waals surface area contributed by atoms with E-state index in [0.717, 1.165) is 50.3 Å². The molecule has 0 amide bonds. The molecule has 0 saturated carbocycles. The standard InChI is InChI=1S/C52H34N2O/c1-2-10-35(11-3-1)36-18-25-40(26-19-36)53(43-31-32-47-51(34-43)55-50-33-24-39-12-4-5-13-44(39)52(47)50)41-27-20-37(21-28-41)38-22-29-42(30-23-38)54-48-16-8-6-14-45(48)46-15-7-9-17-49(46)54/h1-34H.